The number of rotatable bonds is 6. The number of esters is 1. The first-order valence-corrected chi connectivity index (χ1v) is 11.6. The van der Waals surface area contributed by atoms with Crippen molar-refractivity contribution in [1.82, 2.24) is 5.32 Å². The molecule has 26 heavy (non-hydrogen) atoms. The minimum Gasteiger partial charge on any atom is -0.462 e. The molecule has 3 saturated carbocycles. The number of carbonyl (C=O) groups is 1. The van der Waals surface area contributed by atoms with Gasteiger partial charge in [0.05, 0.1) is 5.92 Å². The molecular weight excluding hydrogens is 322 g/mol. The lowest BCUT2D eigenvalue weighted by molar-refractivity contribution is -0.157. The number of carbonyl (C=O) groups excluding carboxylic acids is 1. The van der Waals surface area contributed by atoms with Crippen LogP contribution in [0.5, 0.6) is 0 Å². The van der Waals surface area contributed by atoms with Crippen LogP contribution in [0.4, 0.5) is 0 Å². The normalized spacial score (nSPS) is 38.7. The van der Waals surface area contributed by atoms with Crippen LogP contribution in [0, 0.1) is 23.7 Å². The Hall–Kier alpha value is -0.570. The largest absolute Gasteiger partial charge is 0.462 e. The zero-order chi connectivity index (χ0) is 18.4. The molecule has 0 aliphatic heterocycles. The van der Waals surface area contributed by atoms with E-state index in [4.69, 9.17) is 4.74 Å². The Bertz CT molecular complexity index is 414. The highest BCUT2D eigenvalue weighted by atomic mass is 16.5. The van der Waals surface area contributed by atoms with E-state index >= 15 is 0 Å². The smallest absolute Gasteiger partial charge is 0.309 e. The van der Waals surface area contributed by atoms with Gasteiger partial charge in [0, 0.05) is 6.04 Å². The lowest BCUT2D eigenvalue weighted by Crippen LogP contribution is -2.37. The van der Waals surface area contributed by atoms with Crippen LogP contribution in [0.15, 0.2) is 0 Å². The van der Waals surface area contributed by atoms with E-state index in [1.54, 1.807) is 0 Å². The van der Waals surface area contributed by atoms with E-state index in [0.29, 0.717) is 6.04 Å². The number of nitrogens with one attached hydrogen (secondary N) is 1. The van der Waals surface area contributed by atoms with E-state index < -0.39 is 0 Å². The van der Waals surface area contributed by atoms with Crippen molar-refractivity contribution >= 4 is 5.97 Å². The zero-order valence-electron chi connectivity index (χ0n) is 17.2. The molecule has 0 heterocycles. The second kappa shape index (κ2) is 10.1. The first-order chi connectivity index (χ1) is 12.7. The van der Waals surface area contributed by atoms with Crippen molar-refractivity contribution in [2.75, 3.05) is 6.54 Å². The van der Waals surface area contributed by atoms with Gasteiger partial charge < -0.3 is 10.1 Å². The van der Waals surface area contributed by atoms with Gasteiger partial charge in [0.15, 0.2) is 0 Å². The van der Waals surface area contributed by atoms with Crippen LogP contribution in [-0.2, 0) is 9.53 Å². The van der Waals surface area contributed by atoms with Crippen molar-refractivity contribution in [2.24, 2.45) is 23.7 Å². The van der Waals surface area contributed by atoms with Crippen molar-refractivity contribution in [3.63, 3.8) is 0 Å². The fourth-order valence-corrected chi connectivity index (χ4v) is 5.58. The molecule has 0 saturated heterocycles. The maximum absolute atomic E-state index is 12.6. The SMILES string of the molecule is CCCNC1CCC(OC(=O)C2CCC(C3CCC(C)CC3)CC2)CC1. The predicted octanol–water partition coefficient (Wildman–Crippen LogP) is 5.47. The molecule has 0 aromatic rings. The van der Waals surface area contributed by atoms with Crippen LogP contribution in [0.2, 0.25) is 0 Å². The highest BCUT2D eigenvalue weighted by molar-refractivity contribution is 5.72. The van der Waals surface area contributed by atoms with Crippen molar-refractivity contribution in [3.8, 4) is 0 Å². The molecule has 3 aliphatic rings. The monoisotopic (exact) mass is 363 g/mol. The summed E-state index contributed by atoms with van der Waals surface area (Å²) in [6.45, 7) is 5.72. The quantitative estimate of drug-likeness (QED) is 0.636. The Morgan fingerprint density at radius 1 is 0.846 bits per heavy atom. The first kappa shape index (κ1) is 20.2. The summed E-state index contributed by atoms with van der Waals surface area (Å²) in [7, 11) is 0. The van der Waals surface area contributed by atoms with Gasteiger partial charge in [-0.3, -0.25) is 4.79 Å². The molecule has 3 rings (SSSR count). The summed E-state index contributed by atoms with van der Waals surface area (Å²) < 4.78 is 5.91. The molecule has 0 unspecified atom stereocenters. The van der Waals surface area contributed by atoms with Crippen molar-refractivity contribution in [1.29, 1.82) is 0 Å². The van der Waals surface area contributed by atoms with E-state index in [9.17, 15) is 4.79 Å². The molecule has 0 spiro atoms. The molecule has 3 fully saturated rings. The predicted molar refractivity (Wildman–Crippen MR) is 107 cm³/mol. The van der Waals surface area contributed by atoms with Crippen LogP contribution in [0.25, 0.3) is 0 Å². The molecule has 3 heteroatoms. The molecule has 0 aromatic heterocycles. The Labute approximate surface area is 161 Å². The third kappa shape index (κ3) is 5.71. The van der Waals surface area contributed by atoms with E-state index in [2.05, 4.69) is 19.2 Å². The standard InChI is InChI=1S/C23H41NO2/c1-3-16-24-21-12-14-22(15-13-21)26-23(25)20-10-8-19(9-11-20)18-6-4-17(2)5-7-18/h17-22,24H,3-16H2,1-2H3. The van der Waals surface area contributed by atoms with Gasteiger partial charge in [-0.2, -0.15) is 0 Å². The van der Waals surface area contributed by atoms with E-state index in [-0.39, 0.29) is 18.0 Å². The average molecular weight is 364 g/mol. The fraction of sp³-hybridized carbons (Fsp3) is 0.957. The number of hydrogen-bond acceptors (Lipinski definition) is 3. The third-order valence-corrected chi connectivity index (χ3v) is 7.47. The van der Waals surface area contributed by atoms with Crippen LogP contribution in [0.1, 0.15) is 97.3 Å². The lowest BCUT2D eigenvalue weighted by Gasteiger charge is -2.37. The topological polar surface area (TPSA) is 38.3 Å². The summed E-state index contributed by atoms with van der Waals surface area (Å²) in [5, 5.41) is 3.61. The van der Waals surface area contributed by atoms with E-state index in [0.717, 1.165) is 62.8 Å². The Morgan fingerprint density at radius 2 is 1.42 bits per heavy atom. The molecule has 1 N–H and O–H groups in total. The van der Waals surface area contributed by atoms with Gasteiger partial charge in [0.2, 0.25) is 0 Å². The molecule has 0 bridgehead atoms. The maximum Gasteiger partial charge on any atom is 0.309 e. The molecule has 3 nitrogen and oxygen atoms in total. The van der Waals surface area contributed by atoms with Crippen molar-refractivity contribution in [2.45, 2.75) is 109 Å². The fourth-order valence-electron chi connectivity index (χ4n) is 5.58. The molecule has 150 valence electrons. The van der Waals surface area contributed by atoms with Crippen LogP contribution >= 0.6 is 0 Å². The van der Waals surface area contributed by atoms with E-state index in [1.807, 2.05) is 0 Å². The average Bonchev–Trinajstić information content (AvgIpc) is 2.68. The molecule has 0 radical (unpaired) electrons. The Morgan fingerprint density at radius 3 is 2.00 bits per heavy atom. The highest BCUT2D eigenvalue weighted by Gasteiger charge is 2.34. The van der Waals surface area contributed by atoms with Gasteiger partial charge in [-0.1, -0.05) is 26.7 Å². The van der Waals surface area contributed by atoms with Crippen LogP contribution in [0.3, 0.4) is 0 Å². The van der Waals surface area contributed by atoms with Gasteiger partial charge in [-0.05, 0) is 94.9 Å². The summed E-state index contributed by atoms with van der Waals surface area (Å²) in [6, 6.07) is 0.638. The minimum atomic E-state index is 0.116. The van der Waals surface area contributed by atoms with Gasteiger partial charge in [-0.25, -0.2) is 0 Å². The maximum atomic E-state index is 12.6. The van der Waals surface area contributed by atoms with Crippen molar-refractivity contribution < 1.29 is 9.53 Å². The van der Waals surface area contributed by atoms with Gasteiger partial charge in [-0.15, -0.1) is 0 Å². The van der Waals surface area contributed by atoms with Gasteiger partial charge in [0.25, 0.3) is 0 Å². The Balaban J connectivity index is 1.34. The summed E-state index contributed by atoms with van der Waals surface area (Å²) >= 11 is 0. The van der Waals surface area contributed by atoms with E-state index in [1.165, 1.54) is 44.9 Å². The minimum absolute atomic E-state index is 0.116. The molecular formula is C23H41NO2. The molecule has 3 aliphatic carbocycles. The first-order valence-electron chi connectivity index (χ1n) is 11.6. The van der Waals surface area contributed by atoms with Crippen LogP contribution in [-0.4, -0.2) is 24.7 Å². The molecule has 0 atom stereocenters. The number of hydrogen-bond donors (Lipinski definition) is 1. The zero-order valence-corrected chi connectivity index (χ0v) is 17.2. The molecule has 0 aromatic carbocycles. The second-order valence-corrected chi connectivity index (χ2v) is 9.50. The summed E-state index contributed by atoms with van der Waals surface area (Å²) in [5.74, 6) is 3.06. The van der Waals surface area contributed by atoms with Gasteiger partial charge in [0.1, 0.15) is 6.10 Å². The Kier molecular flexibility index (Phi) is 7.84. The summed E-state index contributed by atoms with van der Waals surface area (Å²) in [5.41, 5.74) is 0. The molecule has 0 amide bonds. The highest BCUT2D eigenvalue weighted by Crippen LogP contribution is 2.41. The van der Waals surface area contributed by atoms with Gasteiger partial charge >= 0.3 is 5.97 Å². The summed E-state index contributed by atoms with van der Waals surface area (Å²) in [6.07, 6.45) is 16.1. The lowest BCUT2D eigenvalue weighted by atomic mass is 9.69. The summed E-state index contributed by atoms with van der Waals surface area (Å²) in [4.78, 5) is 12.6. The van der Waals surface area contributed by atoms with Crippen molar-refractivity contribution in [3.05, 3.63) is 0 Å². The van der Waals surface area contributed by atoms with Crippen LogP contribution < -0.4 is 5.32 Å². The number of ether oxygens (including phenoxy) is 1. The third-order valence-electron chi connectivity index (χ3n) is 7.47. The second-order valence-electron chi connectivity index (χ2n) is 9.50.